The fourth-order valence-electron chi connectivity index (χ4n) is 0.982. The Bertz CT molecular complexity index is 425. The maximum Gasteiger partial charge on any atom is 0.242 e. The molecule has 0 bridgehead atoms. The molecule has 64 valence electrons. The minimum atomic E-state index is 0.283. The standard InChI is InChI=1S/C8H4BrN3S/c9-6-4-2-1-3-5(6)7-10-8(13)12-11-7/h1-4H. The smallest absolute Gasteiger partial charge is 0.195 e. The summed E-state index contributed by atoms with van der Waals surface area (Å²) in [6, 6.07) is 7.68. The Morgan fingerprint density at radius 2 is 1.92 bits per heavy atom. The lowest BCUT2D eigenvalue weighted by Gasteiger charge is -1.97. The van der Waals surface area contributed by atoms with E-state index in [0.29, 0.717) is 5.84 Å². The summed E-state index contributed by atoms with van der Waals surface area (Å²) in [5, 5.41) is 7.80. The zero-order valence-corrected chi connectivity index (χ0v) is 8.84. The van der Waals surface area contributed by atoms with Crippen molar-refractivity contribution in [2.24, 2.45) is 15.2 Å². The van der Waals surface area contributed by atoms with Gasteiger partial charge in [0, 0.05) is 10.0 Å². The van der Waals surface area contributed by atoms with E-state index < -0.39 is 0 Å². The first-order valence-electron chi connectivity index (χ1n) is 3.56. The molecule has 13 heavy (non-hydrogen) atoms. The Morgan fingerprint density at radius 3 is 2.54 bits per heavy atom. The van der Waals surface area contributed by atoms with Crippen molar-refractivity contribution in [3.05, 3.63) is 34.3 Å². The molecule has 5 heteroatoms. The number of hydrogen-bond acceptors (Lipinski definition) is 2. The third kappa shape index (κ3) is 1.71. The molecular weight excluding hydrogens is 250 g/mol. The van der Waals surface area contributed by atoms with Gasteiger partial charge in [-0.3, -0.25) is 0 Å². The van der Waals surface area contributed by atoms with Crippen molar-refractivity contribution in [1.29, 1.82) is 0 Å². The molecule has 0 atom stereocenters. The van der Waals surface area contributed by atoms with Gasteiger partial charge in [0.05, 0.1) is 0 Å². The van der Waals surface area contributed by atoms with Gasteiger partial charge in [-0.05, 0) is 24.4 Å². The second-order valence-electron chi connectivity index (χ2n) is 2.40. The summed E-state index contributed by atoms with van der Waals surface area (Å²) in [7, 11) is 0. The lowest BCUT2D eigenvalue weighted by atomic mass is 10.2. The van der Waals surface area contributed by atoms with E-state index in [0.717, 1.165) is 10.0 Å². The van der Waals surface area contributed by atoms with Crippen molar-refractivity contribution in [3.8, 4) is 0 Å². The van der Waals surface area contributed by atoms with E-state index in [9.17, 15) is 0 Å². The zero-order valence-electron chi connectivity index (χ0n) is 6.44. The van der Waals surface area contributed by atoms with E-state index in [2.05, 4.69) is 31.2 Å². The number of hydrogen-bond donors (Lipinski definition) is 0. The van der Waals surface area contributed by atoms with Crippen LogP contribution in [0, 0.1) is 0 Å². The van der Waals surface area contributed by atoms with Crippen LogP contribution in [-0.2, 0) is 0 Å². The summed E-state index contributed by atoms with van der Waals surface area (Å²) >= 11 is 8.18. The van der Waals surface area contributed by atoms with Gasteiger partial charge in [0.1, 0.15) is 0 Å². The van der Waals surface area contributed by atoms with Crippen LogP contribution in [0.5, 0.6) is 0 Å². The maximum atomic E-state index is 4.78. The molecule has 0 aromatic heterocycles. The van der Waals surface area contributed by atoms with Gasteiger partial charge >= 0.3 is 0 Å². The molecule has 3 nitrogen and oxygen atoms in total. The van der Waals surface area contributed by atoms with Crippen LogP contribution >= 0.6 is 28.1 Å². The lowest BCUT2D eigenvalue weighted by Crippen LogP contribution is -1.94. The molecule has 1 heterocycles. The van der Waals surface area contributed by atoms with E-state index >= 15 is 0 Å². The first kappa shape index (κ1) is 8.65. The molecule has 0 fully saturated rings. The van der Waals surface area contributed by atoms with E-state index in [1.54, 1.807) is 0 Å². The monoisotopic (exact) mass is 253 g/mol. The molecule has 1 aliphatic heterocycles. The van der Waals surface area contributed by atoms with Gasteiger partial charge in [-0.1, -0.05) is 28.1 Å². The van der Waals surface area contributed by atoms with Crippen LogP contribution in [0.3, 0.4) is 0 Å². The average molecular weight is 254 g/mol. The molecule has 0 spiro atoms. The fraction of sp³-hybridized carbons (Fsp3) is 0. The van der Waals surface area contributed by atoms with Crippen LogP contribution in [0.15, 0.2) is 44.0 Å². The molecule has 0 radical (unpaired) electrons. The van der Waals surface area contributed by atoms with E-state index in [1.165, 1.54) is 0 Å². The maximum absolute atomic E-state index is 4.78. The second kappa shape index (κ2) is 3.43. The van der Waals surface area contributed by atoms with Gasteiger partial charge in [0.25, 0.3) is 0 Å². The summed E-state index contributed by atoms with van der Waals surface area (Å²) in [5.41, 5.74) is 0.908. The molecule has 0 unspecified atom stereocenters. The van der Waals surface area contributed by atoms with Crippen LogP contribution in [-0.4, -0.2) is 10.9 Å². The molecule has 0 saturated heterocycles. The molecule has 2 rings (SSSR count). The zero-order chi connectivity index (χ0) is 9.26. The fourth-order valence-corrected chi connectivity index (χ4v) is 1.57. The number of amidine groups is 1. The van der Waals surface area contributed by atoms with Crippen LogP contribution in [0.25, 0.3) is 0 Å². The van der Waals surface area contributed by atoms with E-state index in [1.807, 2.05) is 24.3 Å². The van der Waals surface area contributed by atoms with Crippen LogP contribution < -0.4 is 0 Å². The van der Waals surface area contributed by atoms with Crippen LogP contribution in [0.1, 0.15) is 5.56 Å². The summed E-state index contributed by atoms with van der Waals surface area (Å²) in [5.74, 6) is 0.567. The van der Waals surface area contributed by atoms with Crippen molar-refractivity contribution in [2.75, 3.05) is 0 Å². The Hall–Kier alpha value is -0.940. The highest BCUT2D eigenvalue weighted by Gasteiger charge is 2.11. The van der Waals surface area contributed by atoms with Crippen LogP contribution in [0.4, 0.5) is 0 Å². The predicted molar refractivity (Wildman–Crippen MR) is 58.1 cm³/mol. The highest BCUT2D eigenvalue weighted by Crippen LogP contribution is 2.19. The van der Waals surface area contributed by atoms with E-state index in [-0.39, 0.29) is 5.11 Å². The van der Waals surface area contributed by atoms with Gasteiger partial charge in [0.2, 0.25) is 5.11 Å². The molecule has 0 saturated carbocycles. The number of aliphatic imine (C=N–C) groups is 1. The molecule has 0 amide bonds. The Labute approximate surface area is 88.7 Å². The number of benzene rings is 1. The van der Waals surface area contributed by atoms with Gasteiger partial charge < -0.3 is 0 Å². The van der Waals surface area contributed by atoms with E-state index in [4.69, 9.17) is 12.2 Å². The lowest BCUT2D eigenvalue weighted by molar-refractivity contribution is 1.39. The summed E-state index contributed by atoms with van der Waals surface area (Å²) in [4.78, 5) is 4.00. The number of thiocarbonyl (C=S) groups is 1. The quantitative estimate of drug-likeness (QED) is 0.710. The SMILES string of the molecule is S=C1N=NC(c2ccccc2Br)=N1. The van der Waals surface area contributed by atoms with Gasteiger partial charge in [-0.25, -0.2) is 0 Å². The topological polar surface area (TPSA) is 37.1 Å². The third-order valence-electron chi connectivity index (χ3n) is 1.55. The highest BCUT2D eigenvalue weighted by molar-refractivity contribution is 9.10. The van der Waals surface area contributed by atoms with Gasteiger partial charge in [-0.15, -0.1) is 10.2 Å². The summed E-state index contributed by atoms with van der Waals surface area (Å²) < 4.78 is 0.942. The van der Waals surface area contributed by atoms with Crippen molar-refractivity contribution in [1.82, 2.24) is 0 Å². The second-order valence-corrected chi connectivity index (χ2v) is 3.62. The number of rotatable bonds is 1. The van der Waals surface area contributed by atoms with Gasteiger partial charge in [-0.2, -0.15) is 4.99 Å². The number of halogens is 1. The first-order valence-corrected chi connectivity index (χ1v) is 4.77. The van der Waals surface area contributed by atoms with Gasteiger partial charge in [0.15, 0.2) is 5.84 Å². The normalized spacial score (nSPS) is 14.8. The largest absolute Gasteiger partial charge is 0.242 e. The molecule has 0 N–H and O–H groups in total. The molecule has 1 aliphatic rings. The highest BCUT2D eigenvalue weighted by atomic mass is 79.9. The molecule has 0 aliphatic carbocycles. The Morgan fingerprint density at radius 1 is 1.15 bits per heavy atom. The van der Waals surface area contributed by atoms with Crippen molar-refractivity contribution in [2.45, 2.75) is 0 Å². The Balaban J connectivity index is 2.48. The molecule has 1 aromatic rings. The minimum Gasteiger partial charge on any atom is -0.195 e. The van der Waals surface area contributed by atoms with Crippen molar-refractivity contribution in [3.63, 3.8) is 0 Å². The van der Waals surface area contributed by atoms with Crippen molar-refractivity contribution < 1.29 is 0 Å². The summed E-state index contributed by atoms with van der Waals surface area (Å²) in [6.45, 7) is 0. The predicted octanol–water partition coefficient (Wildman–Crippen LogP) is 2.95. The first-order chi connectivity index (χ1) is 6.27. The number of azo groups is 1. The number of nitrogens with zero attached hydrogens (tertiary/aromatic N) is 3. The molecule has 1 aromatic carbocycles. The third-order valence-corrected chi connectivity index (χ3v) is 2.41. The molecular formula is C8H4BrN3S. The van der Waals surface area contributed by atoms with Crippen molar-refractivity contribution >= 4 is 39.1 Å². The minimum absolute atomic E-state index is 0.283. The summed E-state index contributed by atoms with van der Waals surface area (Å²) in [6.07, 6.45) is 0. The Kier molecular flexibility index (Phi) is 2.28. The van der Waals surface area contributed by atoms with Crippen LogP contribution in [0.2, 0.25) is 0 Å². The average Bonchev–Trinajstić information content (AvgIpc) is 2.53.